The summed E-state index contributed by atoms with van der Waals surface area (Å²) in [6.45, 7) is 19.1. The number of methoxy groups -OCH3 is 1. The Morgan fingerprint density at radius 3 is 2.28 bits per heavy atom. The van der Waals surface area contributed by atoms with Crippen LogP contribution in [0.5, 0.6) is 11.5 Å². The van der Waals surface area contributed by atoms with Crippen LogP contribution in [0.3, 0.4) is 0 Å². The topological polar surface area (TPSA) is 308 Å². The van der Waals surface area contributed by atoms with Gasteiger partial charge in [-0.15, -0.1) is 11.3 Å². The average molecular weight is 1350 g/mol. The molecule has 25 heteroatoms. The third kappa shape index (κ3) is 16.7. The minimum Gasteiger partial charge on any atom is -0.505 e. The summed E-state index contributed by atoms with van der Waals surface area (Å²) in [5, 5.41) is 23.2. The minimum atomic E-state index is -2.01. The molecular weight excluding hydrogens is 1260 g/mol. The first kappa shape index (κ1) is 71.8. The van der Waals surface area contributed by atoms with Crippen LogP contribution in [-0.4, -0.2) is 144 Å². The van der Waals surface area contributed by atoms with Crippen molar-refractivity contribution in [2.45, 2.75) is 138 Å². The number of aromatic hydroxyl groups is 1. The summed E-state index contributed by atoms with van der Waals surface area (Å²) in [6, 6.07) is 11.4. The molecule has 5 N–H and O–H groups in total. The first-order valence-corrected chi connectivity index (χ1v) is 33.7. The zero-order chi connectivity index (χ0) is 70.2. The predicted octanol–water partition coefficient (Wildman–Crippen LogP) is 9.66. The molecule has 9 rings (SSSR count). The lowest BCUT2D eigenvalue weighted by Crippen LogP contribution is -2.51. The Kier molecular flexibility index (Phi) is 23.1. The Labute approximate surface area is 566 Å². The number of hydrogen-bond donors (Lipinski definition) is 5. The number of Topliss-reactive ketones (excluding diaryl/α,β-unsaturated/α-hetero) is 1. The summed E-state index contributed by atoms with van der Waals surface area (Å²) < 4.78 is 31.0. The second-order valence-corrected chi connectivity index (χ2v) is 27.2. The molecule has 1 unspecified atom stereocenters. The molecule has 24 nitrogen and oxygen atoms in total. The summed E-state index contributed by atoms with van der Waals surface area (Å²) >= 11 is 1.20. The number of benzene rings is 4. The third-order valence-electron chi connectivity index (χ3n) is 18.2. The lowest BCUT2D eigenvalue weighted by Gasteiger charge is -2.35. The highest BCUT2D eigenvalue weighted by atomic mass is 32.1. The Hall–Kier alpha value is -9.49. The average Bonchev–Trinajstić information content (AvgIpc) is 1.66. The van der Waals surface area contributed by atoms with Crippen molar-refractivity contribution in [3.8, 4) is 11.5 Å². The zero-order valence-electron chi connectivity index (χ0n) is 56.7. The molecule has 97 heavy (non-hydrogen) atoms. The number of phenolic OH excluding ortho intramolecular Hbond substituents is 1. The number of esters is 1. The van der Waals surface area contributed by atoms with Crippen LogP contribution in [0, 0.1) is 36.5 Å². The summed E-state index contributed by atoms with van der Waals surface area (Å²) in [7, 11) is 1.53. The number of anilines is 3. The summed E-state index contributed by atoms with van der Waals surface area (Å²) in [6.07, 6.45) is 12.5. The number of unbranched alkanes of at least 4 members (excludes halogenated alkanes) is 2. The molecule has 1 saturated heterocycles. The first-order chi connectivity index (χ1) is 46.2. The van der Waals surface area contributed by atoms with Gasteiger partial charge in [0.25, 0.3) is 23.5 Å². The number of carbonyl (C=O) groups excluding carboxylic acids is 9. The van der Waals surface area contributed by atoms with Crippen molar-refractivity contribution < 1.29 is 71.9 Å². The fourth-order valence-electron chi connectivity index (χ4n) is 12.9. The maximum absolute atomic E-state index is 15.0. The van der Waals surface area contributed by atoms with Crippen molar-refractivity contribution in [1.82, 2.24) is 25.4 Å². The van der Waals surface area contributed by atoms with Gasteiger partial charge in [0.1, 0.15) is 30.2 Å². The number of phenols is 1. The number of ether oxygens (including phenoxy) is 5. The van der Waals surface area contributed by atoms with E-state index in [0.717, 1.165) is 23.4 Å². The van der Waals surface area contributed by atoms with Crippen molar-refractivity contribution in [2.75, 3.05) is 61.9 Å². The highest BCUT2D eigenvalue weighted by Crippen LogP contribution is 2.50. The molecule has 5 heterocycles. The molecule has 0 saturated carbocycles. The van der Waals surface area contributed by atoms with Gasteiger partial charge in [-0.1, -0.05) is 78.3 Å². The molecule has 1 fully saturated rings. The maximum Gasteiger partial charge on any atom is 0.410 e. The summed E-state index contributed by atoms with van der Waals surface area (Å²) in [5.41, 5.74) is 2.10. The van der Waals surface area contributed by atoms with Gasteiger partial charge in [0, 0.05) is 106 Å². The predicted molar refractivity (Wildman–Crippen MR) is 368 cm³/mol. The van der Waals surface area contributed by atoms with Gasteiger partial charge in [0.15, 0.2) is 11.2 Å². The van der Waals surface area contributed by atoms with Crippen LogP contribution < -0.4 is 36.3 Å². The van der Waals surface area contributed by atoms with E-state index >= 15 is 4.79 Å². The number of ketones is 1. The largest absolute Gasteiger partial charge is 0.505 e. The fraction of sp³-hybridized carbons (Fsp3) is 0.458. The second kappa shape index (κ2) is 31.1. The highest BCUT2D eigenvalue weighted by Gasteiger charge is 2.49. The summed E-state index contributed by atoms with van der Waals surface area (Å²) in [5.74, 6) is -6.70. The Bertz CT molecular complexity index is 4080. The number of aromatic nitrogens is 1. The molecule has 4 aliphatic rings. The van der Waals surface area contributed by atoms with Crippen LogP contribution in [0.2, 0.25) is 0 Å². The number of hydrogen-bond acceptors (Lipinski definition) is 19. The van der Waals surface area contributed by atoms with E-state index in [0.29, 0.717) is 72.5 Å². The molecule has 516 valence electrons. The molecule has 0 radical (unpaired) electrons. The molecule has 4 aromatic carbocycles. The fourth-order valence-corrected chi connectivity index (χ4v) is 14.0. The van der Waals surface area contributed by atoms with Gasteiger partial charge in [-0.25, -0.2) is 9.78 Å². The van der Waals surface area contributed by atoms with E-state index < -0.39 is 70.8 Å². The Morgan fingerprint density at radius 2 is 1.60 bits per heavy atom. The van der Waals surface area contributed by atoms with E-state index in [2.05, 4.69) is 40.0 Å². The van der Waals surface area contributed by atoms with Gasteiger partial charge in [0.05, 0.1) is 50.3 Å². The number of amides is 7. The zero-order valence-corrected chi connectivity index (χ0v) is 57.5. The molecule has 8 atom stereocenters. The third-order valence-corrected chi connectivity index (χ3v) is 19.3. The van der Waals surface area contributed by atoms with Gasteiger partial charge in [0.2, 0.25) is 17.7 Å². The summed E-state index contributed by atoms with van der Waals surface area (Å²) in [4.78, 5) is 142. The van der Waals surface area contributed by atoms with Crippen molar-refractivity contribution >= 4 is 113 Å². The molecule has 7 amide bonds. The quantitative estimate of drug-likeness (QED) is 0.0144. The molecule has 0 spiro atoms. The van der Waals surface area contributed by atoms with E-state index in [1.165, 1.54) is 57.6 Å². The van der Waals surface area contributed by atoms with E-state index in [9.17, 15) is 48.3 Å². The lowest BCUT2D eigenvalue weighted by atomic mass is 9.82. The Balaban J connectivity index is 0.864. The van der Waals surface area contributed by atoms with Crippen LogP contribution in [0.4, 0.5) is 21.9 Å². The van der Waals surface area contributed by atoms with Gasteiger partial charge in [-0.2, -0.15) is 0 Å². The molecule has 5 aromatic rings. The Morgan fingerprint density at radius 1 is 0.887 bits per heavy atom. The number of piperazine rings is 1. The number of carbonyl (C=O) groups is 9. The van der Waals surface area contributed by atoms with Gasteiger partial charge in [-0.3, -0.25) is 48.1 Å². The van der Waals surface area contributed by atoms with Gasteiger partial charge >= 0.3 is 17.8 Å². The number of fused-ring (bicyclic) bond motifs is 2. The van der Waals surface area contributed by atoms with E-state index in [4.69, 9.17) is 28.7 Å². The van der Waals surface area contributed by atoms with E-state index in [1.807, 2.05) is 44.2 Å². The monoisotopic (exact) mass is 1350 g/mol. The van der Waals surface area contributed by atoms with Crippen molar-refractivity contribution in [2.24, 2.45) is 29.6 Å². The smallest absolute Gasteiger partial charge is 0.410 e. The second-order valence-electron chi connectivity index (χ2n) is 26.1. The number of allylic oxidation sites excluding steroid dienone is 3. The van der Waals surface area contributed by atoms with Crippen LogP contribution in [0.15, 0.2) is 95.6 Å². The van der Waals surface area contributed by atoms with E-state index in [-0.39, 0.29) is 117 Å². The minimum absolute atomic E-state index is 0.0218. The van der Waals surface area contributed by atoms with Gasteiger partial charge in [-0.05, 0) is 105 Å². The molecule has 0 aliphatic carbocycles. The number of nitrogens with zero attached hydrogens (tertiary/aromatic N) is 4. The SMILES string of the molecule is CO[C@H]1/C=C/O[C@@]2(C)Oc3c(C)c(=O)c4c(O)c(c5sc6cc(N7CCN(C(=O)OCc8ccc(NC(=O)CNC(=O)C(NC(=O)CCCCCN9C(=O)C=CC9=O)C(C)C)cc8)CC7)ccc6nc5c4c3C2=O)NC(=O)/C(C)=C\C=C\[C@H](C)C[C@@H](C)C[C@@H](C)[C@H](OC(C)=O)[C@@H]1C. The normalized spacial score (nSPS) is 23.2. The van der Waals surface area contributed by atoms with Crippen molar-refractivity contribution in [1.29, 1.82) is 0 Å². The maximum atomic E-state index is 15.0. The number of imide groups is 1. The van der Waals surface area contributed by atoms with Gasteiger partial charge < -0.3 is 59.9 Å². The van der Waals surface area contributed by atoms with Crippen LogP contribution in [0.1, 0.15) is 122 Å². The van der Waals surface area contributed by atoms with Crippen molar-refractivity contribution in [3.05, 3.63) is 118 Å². The number of rotatable bonds is 17. The van der Waals surface area contributed by atoms with E-state index in [1.54, 1.807) is 62.1 Å². The first-order valence-electron chi connectivity index (χ1n) is 32.9. The van der Waals surface area contributed by atoms with Crippen LogP contribution >= 0.6 is 11.3 Å². The molecular formula is C72H86N8O16S. The highest BCUT2D eigenvalue weighted by molar-refractivity contribution is 7.25. The lowest BCUT2D eigenvalue weighted by molar-refractivity contribution is -0.155. The standard InChI is InChI=1S/C72H86N8O16S/c1-39(2)60(76-53(82)18-13-12-14-28-80-55(84)25-26-56(80)85)70(90)73-37-54(83)74-48-21-19-47(20-22-48)38-93-71(91)79-31-29-78(30-32-79)49-23-24-50-52(36-49)97-67-61(75-50)57-58-63(86)45(8)66-59(57)68(88)72(10,96-66)94-33-27-51(92-11)44(7)65(95-46(9)81)43(6)35-41(4)34-40(3)16-15-17-42(5)69(89)77-62(67)64(58)87/h15-17,19-27,33,36,39-41,43-44,51,60,65,87H,12-14,18,28-32,34-35,37-38H2,1-11H3,(H,73,90)(H,74,83)(H,76,82)(H,77,89)/b16-15+,33-27+,42-17-/t40-,41+,43+,44+,51-,60?,65-,72-/m0/s1. The van der Waals surface area contributed by atoms with Crippen LogP contribution in [-0.2, 0) is 59.1 Å². The molecule has 1 aromatic heterocycles. The van der Waals surface area contributed by atoms with Crippen LogP contribution in [0.25, 0.3) is 31.2 Å². The number of nitrogens with one attached hydrogen (secondary N) is 4. The van der Waals surface area contributed by atoms with Crippen molar-refractivity contribution in [3.63, 3.8) is 0 Å². The molecule has 4 bridgehead atoms. The molecule has 4 aliphatic heterocycles.